The molecule has 0 aromatic carbocycles. The highest BCUT2D eigenvalue weighted by atomic mass is 15.0. The van der Waals surface area contributed by atoms with Crippen LogP contribution in [-0.2, 0) is 0 Å². The molecule has 3 atom stereocenters. The molecule has 0 radical (unpaired) electrons. The standard InChI is InChI=1S/C16H28N/c1-12(2)14-8-10-15(4)9-6-7-13(3)16(15,11-14)17-5/h11-13H,6-10H2,1-5H3/q-1. The molecule has 0 N–H and O–H groups in total. The molecule has 1 heteroatoms. The summed E-state index contributed by atoms with van der Waals surface area (Å²) in [7, 11) is 2.04. The van der Waals surface area contributed by atoms with Crippen molar-refractivity contribution in [3.8, 4) is 0 Å². The molecule has 1 saturated carbocycles. The lowest BCUT2D eigenvalue weighted by molar-refractivity contribution is 0.0729. The van der Waals surface area contributed by atoms with Gasteiger partial charge in [0.05, 0.1) is 0 Å². The molecule has 0 amide bonds. The molecule has 0 saturated heterocycles. The molecule has 98 valence electrons. The summed E-state index contributed by atoms with van der Waals surface area (Å²) in [6.07, 6.45) is 9.27. The number of fused-ring (bicyclic) bond motifs is 1. The first-order valence-electron chi connectivity index (χ1n) is 7.28. The summed E-state index contributed by atoms with van der Waals surface area (Å²) in [6, 6.07) is 0. The average Bonchev–Trinajstić information content (AvgIpc) is 2.28. The maximum Gasteiger partial charge on any atom is -0.0261 e. The normalized spacial score (nSPS) is 42.2. The van der Waals surface area contributed by atoms with Crippen molar-refractivity contribution in [2.75, 3.05) is 7.05 Å². The molecule has 0 aromatic heterocycles. The van der Waals surface area contributed by atoms with E-state index in [-0.39, 0.29) is 5.54 Å². The lowest BCUT2D eigenvalue weighted by Gasteiger charge is -2.65. The van der Waals surface area contributed by atoms with E-state index < -0.39 is 0 Å². The lowest BCUT2D eigenvalue weighted by atomic mass is 9.53. The van der Waals surface area contributed by atoms with Gasteiger partial charge in [0.1, 0.15) is 0 Å². The van der Waals surface area contributed by atoms with Gasteiger partial charge in [-0.1, -0.05) is 63.6 Å². The third-order valence-corrected chi connectivity index (χ3v) is 5.57. The number of likely N-dealkylation sites (N-methyl/N-ethyl adjacent to an activating group) is 1. The number of rotatable bonds is 2. The summed E-state index contributed by atoms with van der Waals surface area (Å²) in [4.78, 5) is 0. The molecule has 0 aliphatic heterocycles. The molecular formula is C16H28N-. The summed E-state index contributed by atoms with van der Waals surface area (Å²) in [5.74, 6) is 1.40. The molecule has 0 aromatic rings. The smallest absolute Gasteiger partial charge is 0.0261 e. The van der Waals surface area contributed by atoms with E-state index in [2.05, 4.69) is 33.8 Å². The molecular weight excluding hydrogens is 206 g/mol. The Balaban J connectivity index is 2.44. The first kappa shape index (κ1) is 13.1. The Morgan fingerprint density at radius 1 is 1.35 bits per heavy atom. The Kier molecular flexibility index (Phi) is 3.42. The molecule has 0 spiro atoms. The summed E-state index contributed by atoms with van der Waals surface area (Å²) in [5, 5.41) is 4.91. The fourth-order valence-corrected chi connectivity index (χ4v) is 4.24. The van der Waals surface area contributed by atoms with Gasteiger partial charge in [-0.25, -0.2) is 0 Å². The van der Waals surface area contributed by atoms with E-state index in [9.17, 15) is 0 Å². The highest BCUT2D eigenvalue weighted by Crippen LogP contribution is 2.58. The monoisotopic (exact) mass is 234 g/mol. The largest absolute Gasteiger partial charge is 0.655 e. The van der Waals surface area contributed by atoms with Crippen LogP contribution in [0.3, 0.4) is 0 Å². The van der Waals surface area contributed by atoms with Crippen molar-refractivity contribution in [3.05, 3.63) is 17.0 Å². The van der Waals surface area contributed by atoms with Crippen LogP contribution in [0.1, 0.15) is 59.8 Å². The minimum absolute atomic E-state index is 0.128. The van der Waals surface area contributed by atoms with Crippen LogP contribution in [0.25, 0.3) is 5.32 Å². The molecule has 3 unspecified atom stereocenters. The third kappa shape index (κ3) is 1.87. The molecule has 2 aliphatic carbocycles. The van der Waals surface area contributed by atoms with Gasteiger partial charge < -0.3 is 5.32 Å². The van der Waals surface area contributed by atoms with Crippen LogP contribution < -0.4 is 0 Å². The van der Waals surface area contributed by atoms with Crippen LogP contribution in [-0.4, -0.2) is 12.6 Å². The highest BCUT2D eigenvalue weighted by Gasteiger charge is 2.46. The van der Waals surface area contributed by atoms with Crippen molar-refractivity contribution >= 4 is 0 Å². The van der Waals surface area contributed by atoms with Crippen molar-refractivity contribution in [2.24, 2.45) is 17.3 Å². The Hall–Kier alpha value is -0.300. The number of nitrogens with zero attached hydrogens (tertiary/aromatic N) is 1. The Bertz CT molecular complexity index is 317. The van der Waals surface area contributed by atoms with E-state index in [1.165, 1.54) is 32.1 Å². The van der Waals surface area contributed by atoms with Gasteiger partial charge >= 0.3 is 0 Å². The van der Waals surface area contributed by atoms with Gasteiger partial charge in [0.25, 0.3) is 0 Å². The Morgan fingerprint density at radius 2 is 2.06 bits per heavy atom. The summed E-state index contributed by atoms with van der Waals surface area (Å²) in [5.41, 5.74) is 2.18. The topological polar surface area (TPSA) is 14.1 Å². The number of hydrogen-bond donors (Lipinski definition) is 0. The minimum Gasteiger partial charge on any atom is -0.655 e. The molecule has 1 nitrogen and oxygen atoms in total. The van der Waals surface area contributed by atoms with Crippen LogP contribution in [0.5, 0.6) is 0 Å². The first-order chi connectivity index (χ1) is 7.95. The van der Waals surface area contributed by atoms with Crippen molar-refractivity contribution < 1.29 is 0 Å². The van der Waals surface area contributed by atoms with Crippen LogP contribution in [0.15, 0.2) is 11.6 Å². The minimum atomic E-state index is 0.128. The quantitative estimate of drug-likeness (QED) is 0.601. The van der Waals surface area contributed by atoms with Gasteiger partial charge in [-0.15, -0.1) is 0 Å². The molecule has 0 bridgehead atoms. The second-order valence-corrected chi connectivity index (χ2v) is 6.78. The van der Waals surface area contributed by atoms with E-state index in [1.54, 1.807) is 5.57 Å². The van der Waals surface area contributed by atoms with Crippen LogP contribution >= 0.6 is 0 Å². The maximum atomic E-state index is 4.91. The van der Waals surface area contributed by atoms with Crippen molar-refractivity contribution in [2.45, 2.75) is 65.3 Å². The Morgan fingerprint density at radius 3 is 2.65 bits per heavy atom. The second kappa shape index (κ2) is 4.42. The Labute approximate surface area is 107 Å². The number of hydrogen-bond acceptors (Lipinski definition) is 0. The van der Waals surface area contributed by atoms with Crippen molar-refractivity contribution in [1.82, 2.24) is 0 Å². The van der Waals surface area contributed by atoms with Gasteiger partial charge in [0, 0.05) is 0 Å². The van der Waals surface area contributed by atoms with Gasteiger partial charge in [-0.05, 0) is 30.6 Å². The predicted octanol–water partition coefficient (Wildman–Crippen LogP) is 4.93. The second-order valence-electron chi connectivity index (χ2n) is 6.78. The SMILES string of the molecule is C[N-]C12C=C(C(C)C)CCC1(C)CCCC2C. The van der Waals surface area contributed by atoms with Crippen molar-refractivity contribution in [3.63, 3.8) is 0 Å². The summed E-state index contributed by atoms with van der Waals surface area (Å²) >= 11 is 0. The molecule has 0 heterocycles. The lowest BCUT2D eigenvalue weighted by Crippen LogP contribution is -2.53. The van der Waals surface area contributed by atoms with Gasteiger partial charge in [0.2, 0.25) is 0 Å². The molecule has 1 fully saturated rings. The van der Waals surface area contributed by atoms with Crippen LogP contribution in [0.2, 0.25) is 0 Å². The van der Waals surface area contributed by atoms with Crippen LogP contribution in [0.4, 0.5) is 0 Å². The zero-order chi connectivity index (χ0) is 12.7. The van der Waals surface area contributed by atoms with E-state index >= 15 is 0 Å². The van der Waals surface area contributed by atoms with Crippen molar-refractivity contribution in [1.29, 1.82) is 0 Å². The zero-order valence-electron chi connectivity index (χ0n) is 12.2. The fraction of sp³-hybridized carbons (Fsp3) is 0.875. The van der Waals surface area contributed by atoms with E-state index in [1.807, 2.05) is 7.05 Å². The van der Waals surface area contributed by atoms with E-state index in [0.29, 0.717) is 17.3 Å². The van der Waals surface area contributed by atoms with Gasteiger partial charge in [-0.3, -0.25) is 0 Å². The first-order valence-corrected chi connectivity index (χ1v) is 7.28. The molecule has 17 heavy (non-hydrogen) atoms. The van der Waals surface area contributed by atoms with Gasteiger partial charge in [-0.2, -0.15) is 7.05 Å². The van der Waals surface area contributed by atoms with E-state index in [4.69, 9.17) is 5.32 Å². The molecule has 2 rings (SSSR count). The average molecular weight is 234 g/mol. The zero-order valence-corrected chi connectivity index (χ0v) is 12.2. The number of allylic oxidation sites excluding steroid dienone is 1. The predicted molar refractivity (Wildman–Crippen MR) is 75.3 cm³/mol. The summed E-state index contributed by atoms with van der Waals surface area (Å²) in [6.45, 7) is 9.53. The third-order valence-electron chi connectivity index (χ3n) is 5.57. The summed E-state index contributed by atoms with van der Waals surface area (Å²) < 4.78 is 0. The fourth-order valence-electron chi connectivity index (χ4n) is 4.24. The van der Waals surface area contributed by atoms with Crippen LogP contribution in [0, 0.1) is 17.3 Å². The maximum absolute atomic E-state index is 4.91. The molecule has 2 aliphatic rings. The highest BCUT2D eigenvalue weighted by molar-refractivity contribution is 5.34. The van der Waals surface area contributed by atoms with Gasteiger partial charge in [0.15, 0.2) is 0 Å². The van der Waals surface area contributed by atoms with E-state index in [0.717, 1.165) is 0 Å².